The molecule has 0 rings (SSSR count). The van der Waals surface area contributed by atoms with Gasteiger partial charge in [0.1, 0.15) is 0 Å². The van der Waals surface area contributed by atoms with Crippen LogP contribution in [0.3, 0.4) is 0 Å². The van der Waals surface area contributed by atoms with Crippen LogP contribution in [0.1, 0.15) is 0 Å². The molecule has 2 radical (unpaired) electrons. The Hall–Kier alpha value is 0.747. The summed E-state index contributed by atoms with van der Waals surface area (Å²) in [5.74, 6) is 0. The molecule has 6 heavy (non-hydrogen) atoms. The van der Waals surface area contributed by atoms with E-state index in [0.29, 0.717) is 0 Å². The summed E-state index contributed by atoms with van der Waals surface area (Å²) in [6, 6.07) is 0. The van der Waals surface area contributed by atoms with Crippen LogP contribution in [0.5, 0.6) is 0 Å². The van der Waals surface area contributed by atoms with E-state index < -0.39 is 9.20 Å². The van der Waals surface area contributed by atoms with E-state index >= 15 is 0 Å². The Bertz CT molecular complexity index is 7.51. The molecule has 0 nitrogen and oxygen atoms in total. The maximum Gasteiger partial charge on any atom is 1.00 e. The fourth-order valence-corrected chi connectivity index (χ4v) is 0. The van der Waals surface area contributed by atoms with Gasteiger partial charge in [0.25, 0.3) is 0 Å². The van der Waals surface area contributed by atoms with Crippen LogP contribution in [-0.2, 0) is 0 Å². The molecule has 0 bridgehead atoms. The predicted octanol–water partition coefficient (Wildman–Crippen LogP) is -7.29. The van der Waals surface area contributed by atoms with E-state index in [0.717, 1.165) is 0 Å². The number of halogens is 4. The van der Waals surface area contributed by atoms with E-state index in [2.05, 4.69) is 0 Å². The summed E-state index contributed by atoms with van der Waals surface area (Å²) in [6.45, 7) is 0. The van der Waals surface area contributed by atoms with Crippen LogP contribution in [0.4, 0.5) is 8.39 Å². The molecule has 0 aromatic heterocycles. The van der Waals surface area contributed by atoms with E-state index in [1.165, 1.54) is 0 Å². The molecule has 0 saturated heterocycles. The average Bonchev–Trinajstić information content (AvgIpc) is 0.918. The van der Waals surface area contributed by atoms with Crippen molar-refractivity contribution in [3.63, 3.8) is 0 Å². The Morgan fingerprint density at radius 2 is 1.00 bits per heavy atom. The Kier molecular flexibility index (Phi) is 209. The van der Waals surface area contributed by atoms with Crippen LogP contribution < -0.4 is 28.3 Å². The summed E-state index contributed by atoms with van der Waals surface area (Å²) < 4.78 is 19.2. The minimum absolute atomic E-state index is 0. The molecule has 0 aliphatic rings. The van der Waals surface area contributed by atoms with Crippen LogP contribution in [0, 0.1) is 0 Å². The molecule has 0 amide bonds. The molecule has 0 aromatic carbocycles. The number of rotatable bonds is 0. The molecule has 0 spiro atoms. The van der Waals surface area contributed by atoms with Crippen molar-refractivity contribution in [2.75, 3.05) is 0 Å². The molecule has 34 valence electrons. The zero-order chi connectivity index (χ0) is 2.71. The number of hydrogen-bond donors (Lipinski definition) is 0. The van der Waals surface area contributed by atoms with Crippen molar-refractivity contribution >= 4 is 9.20 Å². The first-order valence-corrected chi connectivity index (χ1v) is 1.01. The van der Waals surface area contributed by atoms with E-state index in [1.807, 2.05) is 0 Å². The van der Waals surface area contributed by atoms with Crippen molar-refractivity contribution in [3.05, 3.63) is 0 Å². The maximum absolute atomic E-state index is 9.60. The maximum atomic E-state index is 9.60. The van der Waals surface area contributed by atoms with Gasteiger partial charge in [-0.3, -0.25) is 0 Å². The van der Waals surface area contributed by atoms with Crippen LogP contribution in [-0.4, -0.2) is 0 Å². The molecule has 0 unspecified atom stereocenters. The van der Waals surface area contributed by atoms with Gasteiger partial charge in [-0.05, 0) is 0 Å². The molecule has 0 aliphatic heterocycles. The summed E-state index contributed by atoms with van der Waals surface area (Å²) in [6.07, 6.45) is 0. The summed E-state index contributed by atoms with van der Waals surface area (Å²) >= 11 is 0. The van der Waals surface area contributed by atoms with Crippen LogP contribution in [0.2, 0.25) is 0 Å². The van der Waals surface area contributed by atoms with Crippen molar-refractivity contribution in [1.29, 1.82) is 0 Å². The SMILES string of the molecule is F[P+]F.[F-].[F-].[Li+]. The topological polar surface area (TPSA) is 0 Å². The van der Waals surface area contributed by atoms with Gasteiger partial charge in [0.15, 0.2) is 0 Å². The minimum Gasteiger partial charge on any atom is -1.00 e. The van der Waals surface area contributed by atoms with Gasteiger partial charge in [-0.1, -0.05) is 0 Å². The molecule has 0 atom stereocenters. The largest absolute Gasteiger partial charge is 1.00 e. The van der Waals surface area contributed by atoms with Crippen molar-refractivity contribution in [2.45, 2.75) is 0 Å². The van der Waals surface area contributed by atoms with Gasteiger partial charge in [-0.15, -0.1) is 0 Å². The van der Waals surface area contributed by atoms with E-state index in [4.69, 9.17) is 0 Å². The second-order valence-corrected chi connectivity index (χ2v) is 0.192. The zero-order valence-electron chi connectivity index (χ0n) is 2.96. The molecular weight excluding hydrogens is 114 g/mol. The molecule has 0 N–H and O–H groups in total. The predicted molar refractivity (Wildman–Crippen MR) is 9.14 cm³/mol. The van der Waals surface area contributed by atoms with Crippen LogP contribution in [0.15, 0.2) is 0 Å². The van der Waals surface area contributed by atoms with Gasteiger partial charge in [0, 0.05) is 0 Å². The molecule has 0 saturated carbocycles. The molecule has 6 heteroatoms. The Morgan fingerprint density at radius 1 is 1.00 bits per heavy atom. The van der Waals surface area contributed by atoms with Crippen LogP contribution in [0.25, 0.3) is 0 Å². The summed E-state index contributed by atoms with van der Waals surface area (Å²) in [7, 11) is -1.58. The fourth-order valence-electron chi connectivity index (χ4n) is 0. The fraction of sp³-hybridized carbons (Fsp3) is 0. The van der Waals surface area contributed by atoms with E-state index in [-0.39, 0.29) is 28.3 Å². The van der Waals surface area contributed by atoms with Gasteiger partial charge in [0.05, 0.1) is 8.39 Å². The molecule has 0 aromatic rings. The van der Waals surface area contributed by atoms with Crippen LogP contribution >= 0.6 is 9.20 Å². The Balaban J connectivity index is -0.00000000667. The Labute approximate surface area is 46.6 Å². The molecule has 0 heterocycles. The van der Waals surface area contributed by atoms with E-state index in [9.17, 15) is 8.39 Å². The first-order valence-electron chi connectivity index (χ1n) is 0.338. The third-order valence-corrected chi connectivity index (χ3v) is 0. The monoisotopic (exact) mass is 114 g/mol. The van der Waals surface area contributed by atoms with Gasteiger partial charge in [-0.25, -0.2) is 0 Å². The normalized spacial score (nSPS) is 3.00. The van der Waals surface area contributed by atoms with Gasteiger partial charge < -0.3 is 9.41 Å². The smallest absolute Gasteiger partial charge is 1.00 e. The Morgan fingerprint density at radius 3 is 1.00 bits per heavy atom. The molecule has 0 aliphatic carbocycles. The standard InChI is InChI=1S/F2P.2FH.Li/c1-3-2;;;/h;2*1H;/q+1;;;+1/p-2. The summed E-state index contributed by atoms with van der Waals surface area (Å²) in [4.78, 5) is 0. The van der Waals surface area contributed by atoms with Crippen molar-refractivity contribution in [2.24, 2.45) is 0 Å². The van der Waals surface area contributed by atoms with Crippen molar-refractivity contribution < 1.29 is 36.7 Å². The quantitative estimate of drug-likeness (QED) is 0.167. The second-order valence-electron chi connectivity index (χ2n) is 0.0639. The van der Waals surface area contributed by atoms with E-state index in [1.54, 1.807) is 0 Å². The van der Waals surface area contributed by atoms with Gasteiger partial charge in [-0.2, -0.15) is 0 Å². The zero-order valence-corrected chi connectivity index (χ0v) is 3.85. The third-order valence-electron chi connectivity index (χ3n) is 0. The molecular formula is F4LiP. The van der Waals surface area contributed by atoms with Crippen molar-refractivity contribution in [1.82, 2.24) is 0 Å². The van der Waals surface area contributed by atoms with Crippen molar-refractivity contribution in [3.8, 4) is 0 Å². The molecule has 0 fully saturated rings. The average molecular weight is 114 g/mol. The second kappa shape index (κ2) is 42.4. The first-order chi connectivity index (χ1) is 1.41. The number of hydrogen-bond acceptors (Lipinski definition) is 0. The third kappa shape index (κ3) is 119. The summed E-state index contributed by atoms with van der Waals surface area (Å²) in [5.41, 5.74) is 0. The van der Waals surface area contributed by atoms with Gasteiger partial charge >= 0.3 is 28.1 Å². The first kappa shape index (κ1) is 29.5. The minimum atomic E-state index is -1.58. The summed E-state index contributed by atoms with van der Waals surface area (Å²) in [5, 5.41) is 0. The van der Waals surface area contributed by atoms with Gasteiger partial charge in [0.2, 0.25) is 0 Å².